The van der Waals surface area contributed by atoms with Crippen LogP contribution in [0.3, 0.4) is 0 Å². The molecule has 0 saturated heterocycles. The predicted octanol–water partition coefficient (Wildman–Crippen LogP) is 4.15. The van der Waals surface area contributed by atoms with Gasteiger partial charge in [-0.25, -0.2) is 18.7 Å². The van der Waals surface area contributed by atoms with Crippen molar-refractivity contribution in [3.63, 3.8) is 0 Å². The lowest BCUT2D eigenvalue weighted by Crippen LogP contribution is -2.41. The Hall–Kier alpha value is -1.62. The first-order valence-electron chi connectivity index (χ1n) is 7.59. The highest BCUT2D eigenvalue weighted by atomic mass is 35.5. The van der Waals surface area contributed by atoms with Crippen molar-refractivity contribution in [1.29, 1.82) is 0 Å². The van der Waals surface area contributed by atoms with Crippen molar-refractivity contribution >= 4 is 23.0 Å². The van der Waals surface area contributed by atoms with Gasteiger partial charge in [-0.3, -0.25) is 0 Å². The van der Waals surface area contributed by atoms with Crippen LogP contribution in [0, 0.1) is 11.6 Å². The van der Waals surface area contributed by atoms with E-state index >= 15 is 0 Å². The minimum atomic E-state index is -3.11. The first-order valence-corrected chi connectivity index (χ1v) is 9.11. The monoisotopic (exact) mass is 425 g/mol. The Kier molecular flexibility index (Phi) is 6.90. The number of hydrogen-bond acceptors (Lipinski definition) is 5. The van der Waals surface area contributed by atoms with Gasteiger partial charge in [0.15, 0.2) is 0 Å². The quantitative estimate of drug-likeness (QED) is 0.427. The van der Waals surface area contributed by atoms with E-state index in [4.69, 9.17) is 11.6 Å². The Bertz CT molecular complexity index is 790. The molecule has 0 radical (unpaired) electrons. The molecule has 0 aliphatic carbocycles. The molecule has 0 amide bonds. The predicted molar refractivity (Wildman–Crippen MR) is 92.9 cm³/mol. The Morgan fingerprint density at radius 1 is 1.19 bits per heavy atom. The van der Waals surface area contributed by atoms with Crippen LogP contribution in [0.4, 0.5) is 17.6 Å². The second-order valence-corrected chi connectivity index (χ2v) is 8.75. The van der Waals surface area contributed by atoms with Crippen LogP contribution in [-0.2, 0) is 11.4 Å². The van der Waals surface area contributed by atoms with E-state index in [2.05, 4.69) is 19.4 Å². The molecule has 0 fully saturated rings. The van der Waals surface area contributed by atoms with E-state index in [0.29, 0.717) is 0 Å². The third kappa shape index (κ3) is 5.44. The number of rotatable bonds is 6. The van der Waals surface area contributed by atoms with E-state index in [9.17, 15) is 22.1 Å². The number of benzene rings is 1. The zero-order chi connectivity index (χ0) is 20.4. The molecule has 1 heterocycles. The summed E-state index contributed by atoms with van der Waals surface area (Å²) >= 11 is 3.97. The molecule has 2 atom stereocenters. The maximum atomic E-state index is 14.5. The molecule has 1 aromatic heterocycles. The van der Waals surface area contributed by atoms with Crippen LogP contribution in [0.25, 0.3) is 0 Å². The third-order valence-electron chi connectivity index (χ3n) is 3.33. The summed E-state index contributed by atoms with van der Waals surface area (Å²) in [5, 5.41) is -0.723. The second-order valence-electron chi connectivity index (χ2n) is 6.37. The fourth-order valence-corrected chi connectivity index (χ4v) is 2.98. The van der Waals surface area contributed by atoms with Gasteiger partial charge in [0.1, 0.15) is 27.4 Å². The molecular formula is C16H16ClF4N3O2S. The molecular weight excluding hydrogens is 410 g/mol. The van der Waals surface area contributed by atoms with Crippen molar-refractivity contribution in [3.05, 3.63) is 52.3 Å². The van der Waals surface area contributed by atoms with Crippen LogP contribution in [0.1, 0.15) is 37.9 Å². The van der Waals surface area contributed by atoms with Crippen molar-refractivity contribution in [2.45, 2.75) is 38.2 Å². The number of nitrogens with one attached hydrogen (secondary N) is 1. The molecule has 5 nitrogen and oxygen atoms in total. The third-order valence-corrected chi connectivity index (χ3v) is 5.24. The van der Waals surface area contributed by atoms with Gasteiger partial charge < -0.3 is 9.29 Å². The van der Waals surface area contributed by atoms with Gasteiger partial charge in [-0.2, -0.15) is 8.78 Å². The van der Waals surface area contributed by atoms with Crippen molar-refractivity contribution in [3.8, 4) is 6.01 Å². The summed E-state index contributed by atoms with van der Waals surface area (Å²) in [6.07, 6.45) is 2.22. The lowest BCUT2D eigenvalue weighted by atomic mass is 10.0. The number of alkyl halides is 2. The van der Waals surface area contributed by atoms with E-state index in [1.165, 1.54) is 0 Å². The van der Waals surface area contributed by atoms with Crippen LogP contribution in [0.2, 0.25) is 5.02 Å². The number of hydrogen-bond donors (Lipinski definition) is 1. The zero-order valence-electron chi connectivity index (χ0n) is 14.5. The molecule has 0 spiro atoms. The van der Waals surface area contributed by atoms with Crippen LogP contribution < -0.4 is 9.46 Å². The van der Waals surface area contributed by atoms with Gasteiger partial charge in [0.05, 0.1) is 0 Å². The Labute approximate surface area is 161 Å². The summed E-state index contributed by atoms with van der Waals surface area (Å²) in [5.74, 6) is -2.00. The zero-order valence-corrected chi connectivity index (χ0v) is 16.0. The molecule has 0 aliphatic rings. The standard InChI is InChI=1S/C16H16ClF4N3O2S/c1-16(2,3)27(25)24-13(9-4-5-10(18)11(17)12(9)19)8-6-22-15(23-7-8)26-14(20)21/h4-7,13-14,24H,1-3H3/t13-,27-/m1/s1. The Morgan fingerprint density at radius 2 is 1.78 bits per heavy atom. The average Bonchev–Trinajstić information content (AvgIpc) is 2.57. The van der Waals surface area contributed by atoms with E-state index in [1.54, 1.807) is 20.8 Å². The lowest BCUT2D eigenvalue weighted by Gasteiger charge is -2.28. The number of aromatic nitrogens is 2. The lowest BCUT2D eigenvalue weighted by molar-refractivity contribution is -0.0561. The minimum Gasteiger partial charge on any atom is -0.598 e. The van der Waals surface area contributed by atoms with Gasteiger partial charge in [0, 0.05) is 34.9 Å². The Morgan fingerprint density at radius 3 is 2.30 bits per heavy atom. The fraction of sp³-hybridized carbons (Fsp3) is 0.375. The summed E-state index contributed by atoms with van der Waals surface area (Å²) in [7, 11) is 0. The number of ether oxygens (including phenoxy) is 1. The molecule has 2 aromatic rings. The van der Waals surface area contributed by atoms with Gasteiger partial charge >= 0.3 is 12.6 Å². The highest BCUT2D eigenvalue weighted by molar-refractivity contribution is 7.90. The molecule has 1 N–H and O–H groups in total. The van der Waals surface area contributed by atoms with E-state index in [0.717, 1.165) is 24.5 Å². The molecule has 148 valence electrons. The van der Waals surface area contributed by atoms with Gasteiger partial charge in [-0.1, -0.05) is 17.7 Å². The van der Waals surface area contributed by atoms with Crippen molar-refractivity contribution in [2.75, 3.05) is 0 Å². The van der Waals surface area contributed by atoms with E-state index < -0.39 is 51.4 Å². The first kappa shape index (κ1) is 21.7. The van der Waals surface area contributed by atoms with Gasteiger partial charge in [-0.15, -0.1) is 4.72 Å². The highest BCUT2D eigenvalue weighted by Crippen LogP contribution is 2.31. The topological polar surface area (TPSA) is 70.1 Å². The highest BCUT2D eigenvalue weighted by Gasteiger charge is 2.33. The van der Waals surface area contributed by atoms with Crippen LogP contribution in [0.15, 0.2) is 24.5 Å². The maximum absolute atomic E-state index is 14.5. The summed E-state index contributed by atoms with van der Waals surface area (Å²) < 4.78 is 71.0. The molecule has 1 aromatic carbocycles. The second kappa shape index (κ2) is 8.59. The largest absolute Gasteiger partial charge is 0.598 e. The molecule has 27 heavy (non-hydrogen) atoms. The fourth-order valence-electron chi connectivity index (χ4n) is 1.97. The van der Waals surface area contributed by atoms with Crippen molar-refractivity contribution in [1.82, 2.24) is 14.7 Å². The number of halogens is 5. The summed E-state index contributed by atoms with van der Waals surface area (Å²) in [6.45, 7) is 1.97. The molecule has 11 heteroatoms. The first-order chi connectivity index (χ1) is 12.5. The van der Waals surface area contributed by atoms with Crippen molar-refractivity contribution < 1.29 is 26.9 Å². The van der Waals surface area contributed by atoms with Crippen molar-refractivity contribution in [2.24, 2.45) is 0 Å². The minimum absolute atomic E-state index is 0.106. The van der Waals surface area contributed by atoms with E-state index in [1.807, 2.05) is 0 Å². The van der Waals surface area contributed by atoms with Gasteiger partial charge in [0.25, 0.3) is 0 Å². The SMILES string of the molecule is CC(C)(C)[S@@+]([O-])N[C@H](c1cnc(OC(F)F)nc1)c1ccc(F)c(Cl)c1F. The smallest absolute Gasteiger partial charge is 0.389 e. The average molecular weight is 426 g/mol. The van der Waals surface area contributed by atoms with E-state index in [-0.39, 0.29) is 11.1 Å². The molecule has 0 unspecified atom stereocenters. The Balaban J connectivity index is 2.46. The van der Waals surface area contributed by atoms with Crippen LogP contribution in [-0.4, -0.2) is 25.9 Å². The van der Waals surface area contributed by atoms with Gasteiger partial charge in [0.2, 0.25) is 0 Å². The number of nitrogens with zero attached hydrogens (tertiary/aromatic N) is 2. The summed E-state index contributed by atoms with van der Waals surface area (Å²) in [5.41, 5.74) is 0.0842. The normalized spacial score (nSPS) is 14.3. The van der Waals surface area contributed by atoms with Crippen LogP contribution in [0.5, 0.6) is 6.01 Å². The summed E-state index contributed by atoms with van der Waals surface area (Å²) in [4.78, 5) is 7.25. The molecule has 0 aliphatic heterocycles. The maximum Gasteiger partial charge on any atom is 0.389 e. The summed E-state index contributed by atoms with van der Waals surface area (Å²) in [6, 6.07) is 0.438. The molecule has 2 rings (SSSR count). The van der Waals surface area contributed by atoms with Gasteiger partial charge in [-0.05, 0) is 26.8 Å². The molecule has 0 bridgehead atoms. The molecule has 0 saturated carbocycles. The van der Waals surface area contributed by atoms with Crippen LogP contribution >= 0.6 is 11.6 Å².